The zero-order valence-electron chi connectivity index (χ0n) is 11.8. The third-order valence-electron chi connectivity index (χ3n) is 2.56. The second-order valence-electron chi connectivity index (χ2n) is 4.72. The van der Waals surface area contributed by atoms with E-state index in [0.29, 0.717) is 5.56 Å². The van der Waals surface area contributed by atoms with Gasteiger partial charge in [-0.25, -0.2) is 8.78 Å². The standard InChI is InChI=1S/C16H16F2N2O/c1-11(2)21-16-14(17)8-12(9-15(16)18)10-19-20-13-6-4-3-5-7-13/h3-11,20H,1-2H3. The maximum atomic E-state index is 13.8. The van der Waals surface area contributed by atoms with Crippen molar-refractivity contribution >= 4 is 11.9 Å². The zero-order chi connectivity index (χ0) is 15.2. The first kappa shape index (κ1) is 15.0. The largest absolute Gasteiger partial charge is 0.485 e. The number of ether oxygens (including phenoxy) is 1. The lowest BCUT2D eigenvalue weighted by atomic mass is 10.2. The summed E-state index contributed by atoms with van der Waals surface area (Å²) in [6.07, 6.45) is 1.05. The highest BCUT2D eigenvalue weighted by molar-refractivity contribution is 5.80. The number of para-hydroxylation sites is 1. The highest BCUT2D eigenvalue weighted by Gasteiger charge is 2.13. The first-order chi connectivity index (χ1) is 10.1. The molecule has 0 aliphatic heterocycles. The van der Waals surface area contributed by atoms with Gasteiger partial charge in [0.1, 0.15) is 0 Å². The van der Waals surface area contributed by atoms with Gasteiger partial charge in [-0.1, -0.05) is 18.2 Å². The molecule has 0 radical (unpaired) electrons. The Morgan fingerprint density at radius 2 is 1.71 bits per heavy atom. The number of halogens is 2. The number of nitrogens with zero attached hydrogens (tertiary/aromatic N) is 1. The van der Waals surface area contributed by atoms with Crippen LogP contribution in [0.3, 0.4) is 0 Å². The molecule has 0 fully saturated rings. The third-order valence-corrected chi connectivity index (χ3v) is 2.56. The van der Waals surface area contributed by atoms with E-state index in [1.807, 2.05) is 30.3 Å². The van der Waals surface area contributed by atoms with Gasteiger partial charge in [0.25, 0.3) is 0 Å². The molecular formula is C16H16F2N2O. The van der Waals surface area contributed by atoms with Crippen LogP contribution in [0.4, 0.5) is 14.5 Å². The molecule has 0 bridgehead atoms. The summed E-state index contributed by atoms with van der Waals surface area (Å²) in [5.41, 5.74) is 3.87. The summed E-state index contributed by atoms with van der Waals surface area (Å²) in [4.78, 5) is 0. The van der Waals surface area contributed by atoms with Gasteiger partial charge in [-0.05, 0) is 38.1 Å². The van der Waals surface area contributed by atoms with E-state index in [9.17, 15) is 8.78 Å². The van der Waals surface area contributed by atoms with Crippen molar-refractivity contribution in [3.63, 3.8) is 0 Å². The van der Waals surface area contributed by atoms with Crippen LogP contribution in [-0.2, 0) is 0 Å². The number of hydrogen-bond acceptors (Lipinski definition) is 3. The van der Waals surface area contributed by atoms with Gasteiger partial charge in [-0.15, -0.1) is 0 Å². The van der Waals surface area contributed by atoms with E-state index < -0.39 is 11.6 Å². The molecule has 0 spiro atoms. The van der Waals surface area contributed by atoms with E-state index in [0.717, 1.165) is 5.69 Å². The van der Waals surface area contributed by atoms with Gasteiger partial charge in [-0.2, -0.15) is 5.10 Å². The second-order valence-corrected chi connectivity index (χ2v) is 4.72. The van der Waals surface area contributed by atoms with Gasteiger partial charge in [-0.3, -0.25) is 5.43 Å². The molecule has 5 heteroatoms. The lowest BCUT2D eigenvalue weighted by molar-refractivity contribution is 0.219. The van der Waals surface area contributed by atoms with Crippen molar-refractivity contribution in [2.24, 2.45) is 5.10 Å². The monoisotopic (exact) mass is 290 g/mol. The van der Waals surface area contributed by atoms with Gasteiger partial charge < -0.3 is 4.74 Å². The molecule has 2 rings (SSSR count). The van der Waals surface area contributed by atoms with Crippen LogP contribution in [0.25, 0.3) is 0 Å². The summed E-state index contributed by atoms with van der Waals surface area (Å²) in [5, 5.41) is 3.94. The molecule has 0 saturated carbocycles. The van der Waals surface area contributed by atoms with Gasteiger partial charge in [0, 0.05) is 5.56 Å². The minimum atomic E-state index is -0.745. The quantitative estimate of drug-likeness (QED) is 0.661. The van der Waals surface area contributed by atoms with E-state index in [1.54, 1.807) is 13.8 Å². The average Bonchev–Trinajstić information content (AvgIpc) is 2.44. The molecule has 0 amide bonds. The summed E-state index contributed by atoms with van der Waals surface area (Å²) in [6, 6.07) is 11.6. The number of hydrazone groups is 1. The molecule has 2 aromatic rings. The Morgan fingerprint density at radius 3 is 2.29 bits per heavy atom. The third kappa shape index (κ3) is 4.27. The molecule has 21 heavy (non-hydrogen) atoms. The Morgan fingerprint density at radius 1 is 1.10 bits per heavy atom. The van der Waals surface area contributed by atoms with Crippen LogP contribution < -0.4 is 10.2 Å². The summed E-state index contributed by atoms with van der Waals surface area (Å²) in [6.45, 7) is 3.41. The first-order valence-electron chi connectivity index (χ1n) is 6.56. The van der Waals surface area contributed by atoms with Crippen LogP contribution in [0.2, 0.25) is 0 Å². The van der Waals surface area contributed by atoms with E-state index in [-0.39, 0.29) is 11.9 Å². The number of benzene rings is 2. The van der Waals surface area contributed by atoms with Crippen molar-refractivity contribution in [1.29, 1.82) is 0 Å². The first-order valence-corrected chi connectivity index (χ1v) is 6.56. The summed E-state index contributed by atoms with van der Waals surface area (Å²) in [7, 11) is 0. The highest BCUT2D eigenvalue weighted by atomic mass is 19.1. The summed E-state index contributed by atoms with van der Waals surface area (Å²) < 4.78 is 32.6. The van der Waals surface area contributed by atoms with Crippen LogP contribution in [0, 0.1) is 11.6 Å². The molecule has 1 N–H and O–H groups in total. The van der Waals surface area contributed by atoms with Gasteiger partial charge in [0.15, 0.2) is 17.4 Å². The minimum absolute atomic E-state index is 0.298. The van der Waals surface area contributed by atoms with Crippen molar-refractivity contribution in [2.75, 3.05) is 5.43 Å². The normalized spacial score (nSPS) is 11.1. The van der Waals surface area contributed by atoms with Crippen molar-refractivity contribution in [2.45, 2.75) is 20.0 Å². The molecule has 110 valence electrons. The van der Waals surface area contributed by atoms with Crippen LogP contribution in [-0.4, -0.2) is 12.3 Å². The van der Waals surface area contributed by atoms with E-state index in [1.165, 1.54) is 18.3 Å². The Bertz CT molecular complexity index is 604. The minimum Gasteiger partial charge on any atom is -0.485 e. The number of hydrogen-bond donors (Lipinski definition) is 1. The SMILES string of the molecule is CC(C)Oc1c(F)cc(C=NNc2ccccc2)cc1F. The molecule has 0 atom stereocenters. The van der Waals surface area contributed by atoms with Crippen LogP contribution in [0.1, 0.15) is 19.4 Å². The van der Waals surface area contributed by atoms with E-state index >= 15 is 0 Å². The maximum absolute atomic E-state index is 13.8. The topological polar surface area (TPSA) is 33.6 Å². The number of anilines is 1. The van der Waals surface area contributed by atoms with Crippen molar-refractivity contribution in [1.82, 2.24) is 0 Å². The lowest BCUT2D eigenvalue weighted by Crippen LogP contribution is -2.09. The molecule has 0 heterocycles. The smallest absolute Gasteiger partial charge is 0.191 e. The van der Waals surface area contributed by atoms with Crippen LogP contribution in [0.15, 0.2) is 47.6 Å². The van der Waals surface area contributed by atoms with Crippen molar-refractivity contribution < 1.29 is 13.5 Å². The Kier molecular flexibility index (Phi) is 4.87. The molecule has 0 saturated heterocycles. The average molecular weight is 290 g/mol. The summed E-state index contributed by atoms with van der Waals surface area (Å²) >= 11 is 0. The molecule has 0 unspecified atom stereocenters. The molecule has 3 nitrogen and oxygen atoms in total. The number of nitrogens with one attached hydrogen (secondary N) is 1. The molecule has 0 aliphatic rings. The maximum Gasteiger partial charge on any atom is 0.191 e. The van der Waals surface area contributed by atoms with E-state index in [2.05, 4.69) is 10.5 Å². The molecular weight excluding hydrogens is 274 g/mol. The van der Waals surface area contributed by atoms with Gasteiger partial charge in [0.2, 0.25) is 0 Å². The number of rotatable bonds is 5. The fourth-order valence-electron chi connectivity index (χ4n) is 1.70. The fraction of sp³-hybridized carbons (Fsp3) is 0.188. The van der Waals surface area contributed by atoms with Crippen molar-refractivity contribution in [3.05, 3.63) is 59.7 Å². The van der Waals surface area contributed by atoms with E-state index in [4.69, 9.17) is 4.74 Å². The molecule has 0 aliphatic carbocycles. The zero-order valence-corrected chi connectivity index (χ0v) is 11.8. The lowest BCUT2D eigenvalue weighted by Gasteiger charge is -2.11. The Hall–Kier alpha value is -2.43. The van der Waals surface area contributed by atoms with Crippen molar-refractivity contribution in [3.8, 4) is 5.75 Å². The second kappa shape index (κ2) is 6.83. The van der Waals surface area contributed by atoms with Gasteiger partial charge >= 0.3 is 0 Å². The Balaban J connectivity index is 2.11. The summed E-state index contributed by atoms with van der Waals surface area (Å²) in [5.74, 6) is -1.85. The van der Waals surface area contributed by atoms with Gasteiger partial charge in [0.05, 0.1) is 18.0 Å². The van der Waals surface area contributed by atoms with Crippen LogP contribution >= 0.6 is 0 Å². The highest BCUT2D eigenvalue weighted by Crippen LogP contribution is 2.23. The fourth-order valence-corrected chi connectivity index (χ4v) is 1.70. The predicted octanol–water partition coefficient (Wildman–Crippen LogP) is 4.20. The Labute approximate surface area is 122 Å². The molecule has 0 aromatic heterocycles. The molecule has 2 aromatic carbocycles. The predicted molar refractivity (Wildman–Crippen MR) is 79.8 cm³/mol. The van der Waals surface area contributed by atoms with Crippen LogP contribution in [0.5, 0.6) is 5.75 Å².